The number of aromatic nitrogens is 8. The smallest absolute Gasteiger partial charge is 0.374 e. The quantitative estimate of drug-likeness (QED) is 0.0666. The molecule has 0 amide bonds. The molecule has 8 aromatic rings. The largest absolute Gasteiger partial charge is 0.534 e. The molecule has 436 valence electrons. The van der Waals surface area contributed by atoms with Crippen LogP contribution >= 0.6 is 31.9 Å². The minimum atomic E-state index is -5.69. The van der Waals surface area contributed by atoms with E-state index in [1.807, 2.05) is 30.8 Å². The van der Waals surface area contributed by atoms with Crippen molar-refractivity contribution in [3.63, 3.8) is 0 Å². The van der Waals surface area contributed by atoms with Crippen molar-refractivity contribution in [2.45, 2.75) is 70.5 Å². The van der Waals surface area contributed by atoms with Crippen LogP contribution in [0.4, 0.5) is 43.9 Å². The Kier molecular flexibility index (Phi) is 21.9. The SMILES string of the molecule is CCN(CC)CC.C[C@](N)(c1ccc(F)cc1)c1cnc(N2CCCCC2)nc1.C[C@](N)(c1ccc(F)cc1)c1cnc(N2CCN(c3ccnn4cc(Br)cc34)CC2)nc1.O=S(=O)(Oc1ccnn2cc(Br)cc12)C(F)(F)F.[2H]CF. The third kappa shape index (κ3) is 16.4. The predicted octanol–water partition coefficient (Wildman–Crippen LogP) is 10.7. The van der Waals surface area contributed by atoms with Crippen LogP contribution in [0.3, 0.4) is 0 Å². The number of piperazine rings is 1. The van der Waals surface area contributed by atoms with E-state index in [9.17, 15) is 34.8 Å². The van der Waals surface area contributed by atoms with Gasteiger partial charge in [-0.1, -0.05) is 45.0 Å². The molecule has 6 aromatic heterocycles. The number of nitrogens with zero attached hydrogens (tertiary/aromatic N) is 12. The van der Waals surface area contributed by atoms with Gasteiger partial charge >= 0.3 is 15.6 Å². The van der Waals surface area contributed by atoms with E-state index in [2.05, 4.69) is 119 Å². The maximum Gasteiger partial charge on any atom is 0.534 e. The van der Waals surface area contributed by atoms with Gasteiger partial charge in [-0.15, -0.1) is 0 Å². The molecular weight excluding hydrogens is 1210 g/mol. The van der Waals surface area contributed by atoms with Crippen LogP contribution in [0.15, 0.2) is 131 Å². The van der Waals surface area contributed by atoms with Crippen molar-refractivity contribution in [2.24, 2.45) is 11.5 Å². The van der Waals surface area contributed by atoms with Gasteiger partial charge in [0.1, 0.15) is 17.2 Å². The Balaban J connectivity index is 0.000000189. The van der Waals surface area contributed by atoms with Gasteiger partial charge in [-0.2, -0.15) is 31.8 Å². The summed E-state index contributed by atoms with van der Waals surface area (Å²) in [5.74, 6) is 0.448. The van der Waals surface area contributed by atoms with Crippen LogP contribution in [-0.2, 0) is 21.2 Å². The minimum Gasteiger partial charge on any atom is -0.374 e. The summed E-state index contributed by atoms with van der Waals surface area (Å²) >= 11 is 6.62. The molecular formula is C55H66Br2F6N14O3S. The Morgan fingerprint density at radius 2 is 1.01 bits per heavy atom. The zero-order valence-electron chi connectivity index (χ0n) is 46.4. The number of halogens is 8. The molecule has 26 heteroatoms. The summed E-state index contributed by atoms with van der Waals surface area (Å²) in [4.78, 5) is 27.2. The number of alkyl halides is 4. The van der Waals surface area contributed by atoms with E-state index in [4.69, 9.17) is 12.8 Å². The van der Waals surface area contributed by atoms with Crippen molar-refractivity contribution < 1.29 is 40.3 Å². The van der Waals surface area contributed by atoms with E-state index < -0.39 is 39.6 Å². The fourth-order valence-corrected chi connectivity index (χ4v) is 10.1. The number of anilines is 3. The molecule has 0 bridgehead atoms. The van der Waals surface area contributed by atoms with Crippen molar-refractivity contribution in [2.75, 3.05) is 80.8 Å². The molecule has 8 heterocycles. The molecule has 4 N–H and O–H groups in total. The second-order valence-electron chi connectivity index (χ2n) is 19.0. The highest BCUT2D eigenvalue weighted by Crippen LogP contribution is 2.32. The number of hydrogen-bond donors (Lipinski definition) is 2. The fraction of sp³-hybridized carbons (Fsp3) is 0.382. The van der Waals surface area contributed by atoms with E-state index in [0.717, 1.165) is 89.7 Å². The van der Waals surface area contributed by atoms with Gasteiger partial charge in [0, 0.05) is 109 Å². The zero-order chi connectivity index (χ0) is 59.8. The van der Waals surface area contributed by atoms with Crippen molar-refractivity contribution in [3.8, 4) is 5.75 Å². The van der Waals surface area contributed by atoms with Crippen LogP contribution < -0.4 is 30.4 Å². The number of rotatable bonds is 12. The Hall–Kier alpha value is -6.45. The van der Waals surface area contributed by atoms with Crippen molar-refractivity contribution in [1.82, 2.24) is 44.1 Å². The molecule has 2 saturated heterocycles. The molecule has 0 unspecified atom stereocenters. The van der Waals surface area contributed by atoms with E-state index >= 15 is 0 Å². The monoisotopic (exact) mass is 1280 g/mol. The van der Waals surface area contributed by atoms with Gasteiger partial charge in [0.25, 0.3) is 0 Å². The van der Waals surface area contributed by atoms with Crippen LogP contribution in [-0.4, -0.2) is 124 Å². The molecule has 2 aliphatic heterocycles. The number of fused-ring (bicyclic) bond motifs is 2. The fourth-order valence-electron chi connectivity index (χ4n) is 8.77. The van der Waals surface area contributed by atoms with Crippen LogP contribution in [0.25, 0.3) is 11.0 Å². The lowest BCUT2D eigenvalue weighted by molar-refractivity contribution is -0.0499. The second-order valence-corrected chi connectivity index (χ2v) is 22.3. The lowest BCUT2D eigenvalue weighted by atomic mass is 9.87. The van der Waals surface area contributed by atoms with Gasteiger partial charge in [0.2, 0.25) is 11.9 Å². The third-order valence-corrected chi connectivity index (χ3v) is 15.5. The van der Waals surface area contributed by atoms with Crippen molar-refractivity contribution in [3.05, 3.63) is 165 Å². The average Bonchev–Trinajstić information content (AvgIpc) is 4.20. The Labute approximate surface area is 486 Å². The second kappa shape index (κ2) is 28.5. The molecule has 10 rings (SSSR count). The number of nitrogens with two attached hydrogens (primary N) is 2. The van der Waals surface area contributed by atoms with Gasteiger partial charge in [0.05, 0.1) is 37.0 Å². The normalized spacial score (nSPS) is 15.4. The number of hydrogen-bond acceptors (Lipinski definition) is 15. The van der Waals surface area contributed by atoms with E-state index in [0.29, 0.717) is 10.4 Å². The first-order chi connectivity index (χ1) is 38.9. The Bertz CT molecular complexity index is 3360. The van der Waals surface area contributed by atoms with E-state index in [-0.39, 0.29) is 17.2 Å². The molecule has 0 saturated carbocycles. The summed E-state index contributed by atoms with van der Waals surface area (Å²) in [5, 5.41) is 8.16. The molecule has 0 radical (unpaired) electrons. The lowest BCUT2D eigenvalue weighted by Gasteiger charge is -2.36. The first-order valence-electron chi connectivity index (χ1n) is 26.5. The summed E-state index contributed by atoms with van der Waals surface area (Å²) in [5.41, 5.74) is 11.5. The van der Waals surface area contributed by atoms with Gasteiger partial charge in [0.15, 0.2) is 5.75 Å². The van der Waals surface area contributed by atoms with Crippen molar-refractivity contribution >= 4 is 70.6 Å². The molecule has 2 aliphatic rings. The lowest BCUT2D eigenvalue weighted by Crippen LogP contribution is -2.47. The maximum atomic E-state index is 13.3. The number of piperidine rings is 1. The van der Waals surface area contributed by atoms with E-state index in [1.54, 1.807) is 49.1 Å². The molecule has 0 aliphatic carbocycles. The molecule has 0 spiro atoms. The van der Waals surface area contributed by atoms with Crippen LogP contribution in [0.5, 0.6) is 5.75 Å². The van der Waals surface area contributed by atoms with E-state index in [1.165, 1.54) is 85.6 Å². The highest BCUT2D eigenvalue weighted by atomic mass is 79.9. The van der Waals surface area contributed by atoms with Crippen LogP contribution in [0.1, 0.15) is 77.5 Å². The molecule has 81 heavy (non-hydrogen) atoms. The van der Waals surface area contributed by atoms with Gasteiger partial charge in [-0.25, -0.2) is 37.7 Å². The van der Waals surface area contributed by atoms with Crippen LogP contribution in [0, 0.1) is 11.6 Å². The first kappa shape index (κ1) is 62.2. The first-order valence-corrected chi connectivity index (χ1v) is 28.8. The number of benzene rings is 2. The highest BCUT2D eigenvalue weighted by Gasteiger charge is 2.49. The minimum absolute atomic E-state index is 0.0946. The molecule has 2 aromatic carbocycles. The summed E-state index contributed by atoms with van der Waals surface area (Å²) in [6.45, 7) is 19.3. The Morgan fingerprint density at radius 3 is 1.43 bits per heavy atom. The molecule has 17 nitrogen and oxygen atoms in total. The van der Waals surface area contributed by atoms with Gasteiger partial charge in [-0.05, 0) is 138 Å². The zero-order valence-corrected chi connectivity index (χ0v) is 49.4. The Morgan fingerprint density at radius 1 is 0.617 bits per heavy atom. The molecule has 2 fully saturated rings. The summed E-state index contributed by atoms with van der Waals surface area (Å²) in [7, 11) is -6.69. The summed E-state index contributed by atoms with van der Waals surface area (Å²) in [6.07, 6.45) is 17.1. The van der Waals surface area contributed by atoms with Crippen LogP contribution in [0.2, 0.25) is 0 Å². The standard InChI is InChI=1S/C23H23BrFN7.C17H21FN4.C8H4BrF3N2O3S.C6H15N.CH3F/c1-23(26,16-2-4-19(25)5-3-16)17-13-27-22(28-14-17)31-10-8-30(9-11-31)20-6-7-29-32-15-18(24)12-21(20)32;1-17(19,13-5-7-15(18)8-6-13)14-11-20-16(21-12-14)22-9-3-2-4-10-22;9-5-3-6-7(1-2-13-14(6)4-5)17-18(15,16)8(10,11)12;1-4-7(5-2)6-3;1-2/h2-7,12-15H,8-11,26H2,1H3;5-8,11-12H,2-4,9-10,19H2,1H3;1-4H;4-6H2,1-3H3;1H3/t23-;17-;;;/m00.../s1/i;;;;1D. The highest BCUT2D eigenvalue weighted by molar-refractivity contribution is 9.10. The maximum absolute atomic E-state index is 13.3. The topological polar surface area (TPSA) is 195 Å². The van der Waals surface area contributed by atoms with Gasteiger partial charge in [-0.3, -0.25) is 4.39 Å². The van der Waals surface area contributed by atoms with Crippen molar-refractivity contribution in [1.29, 1.82) is 0 Å². The average molecular weight is 1280 g/mol. The molecule has 2 atom stereocenters. The third-order valence-electron chi connectivity index (χ3n) is 13.6. The predicted molar refractivity (Wildman–Crippen MR) is 311 cm³/mol. The summed E-state index contributed by atoms with van der Waals surface area (Å²) in [6, 6.07) is 19.0. The summed E-state index contributed by atoms with van der Waals surface area (Å²) < 4.78 is 109. The van der Waals surface area contributed by atoms with Gasteiger partial charge < -0.3 is 35.3 Å².